The van der Waals surface area contributed by atoms with E-state index in [1.54, 1.807) is 23.6 Å². The fraction of sp³-hybridized carbons (Fsp3) is 0.125. The Hall–Kier alpha value is -3.07. The van der Waals surface area contributed by atoms with Crippen LogP contribution in [0.25, 0.3) is 0 Å². The van der Waals surface area contributed by atoms with E-state index < -0.39 is 4.92 Å². The van der Waals surface area contributed by atoms with Crippen molar-refractivity contribution >= 4 is 23.1 Å². The Labute approximate surface area is 145 Å². The van der Waals surface area contributed by atoms with Gasteiger partial charge in [-0.05, 0) is 39.6 Å². The topological polar surface area (TPSA) is 90.1 Å². The third-order valence-electron chi connectivity index (χ3n) is 3.40. The van der Waals surface area contributed by atoms with Crippen LogP contribution in [0.2, 0.25) is 0 Å². The molecule has 0 radical (unpaired) electrons. The number of carbonyl (C=O) groups excluding carboxylic acids is 1. The largest absolute Gasteiger partial charge is 0.389 e. The van der Waals surface area contributed by atoms with Crippen LogP contribution >= 0.6 is 11.3 Å². The number of aromatic nitrogens is 2. The molecular weight excluding hydrogens is 347 g/mol. The second-order valence-electron chi connectivity index (χ2n) is 5.26. The number of amides is 1. The number of benzene rings is 1. The van der Waals surface area contributed by atoms with Crippen molar-refractivity contribution in [3.8, 4) is 0 Å². The number of nitro groups is 1. The van der Waals surface area contributed by atoms with Gasteiger partial charge in [-0.2, -0.15) is 4.68 Å². The van der Waals surface area contributed by atoms with Crippen LogP contribution in [-0.4, -0.2) is 20.6 Å². The van der Waals surface area contributed by atoms with E-state index in [4.69, 9.17) is 0 Å². The van der Waals surface area contributed by atoms with Gasteiger partial charge in [0.2, 0.25) is 0 Å². The molecule has 1 N–H and O–H groups in total. The number of thiophene rings is 1. The normalized spacial score (nSPS) is 10.6. The predicted octanol–water partition coefficient (Wildman–Crippen LogP) is 2.97. The highest BCUT2D eigenvalue weighted by Crippen LogP contribution is 2.17. The van der Waals surface area contributed by atoms with Gasteiger partial charge in [0.15, 0.2) is 0 Å². The van der Waals surface area contributed by atoms with Gasteiger partial charge in [-0.25, -0.2) is 4.39 Å². The Morgan fingerprint density at radius 3 is 2.72 bits per heavy atom. The Bertz CT molecular complexity index is 904. The minimum atomic E-state index is -0.557. The summed E-state index contributed by atoms with van der Waals surface area (Å²) in [6.45, 7) is 0.646. The van der Waals surface area contributed by atoms with Crippen molar-refractivity contribution in [1.29, 1.82) is 0 Å². The van der Waals surface area contributed by atoms with Gasteiger partial charge < -0.3 is 15.4 Å². The summed E-state index contributed by atoms with van der Waals surface area (Å²) in [4.78, 5) is 22.8. The van der Waals surface area contributed by atoms with Gasteiger partial charge in [0.05, 0.1) is 28.8 Å². The molecule has 0 saturated heterocycles. The first-order valence-electron chi connectivity index (χ1n) is 7.29. The molecule has 0 spiro atoms. The molecule has 9 heteroatoms. The monoisotopic (exact) mass is 360 g/mol. The Kier molecular flexibility index (Phi) is 4.85. The van der Waals surface area contributed by atoms with Crippen LogP contribution < -0.4 is 5.32 Å². The van der Waals surface area contributed by atoms with Gasteiger partial charge in [0.1, 0.15) is 5.82 Å². The number of rotatable bonds is 6. The summed E-state index contributed by atoms with van der Waals surface area (Å²) in [6.07, 6.45) is 1.52. The van der Waals surface area contributed by atoms with Crippen molar-refractivity contribution < 1.29 is 14.1 Å². The van der Waals surface area contributed by atoms with Crippen molar-refractivity contribution in [3.05, 3.63) is 79.9 Å². The molecular formula is C16H13FN4O3S. The summed E-state index contributed by atoms with van der Waals surface area (Å²) in [5, 5.41) is 19.0. The van der Waals surface area contributed by atoms with Gasteiger partial charge >= 0.3 is 5.82 Å². The highest BCUT2D eigenvalue weighted by atomic mass is 32.1. The molecule has 1 amide bonds. The number of carbonyl (C=O) groups is 1. The number of nitrogens with zero attached hydrogens (tertiary/aromatic N) is 3. The predicted molar refractivity (Wildman–Crippen MR) is 89.9 cm³/mol. The Morgan fingerprint density at radius 1 is 1.28 bits per heavy atom. The zero-order chi connectivity index (χ0) is 17.8. The third kappa shape index (κ3) is 4.27. The molecule has 3 rings (SSSR count). The summed E-state index contributed by atoms with van der Waals surface area (Å²) in [6, 6.07) is 8.95. The van der Waals surface area contributed by atoms with Crippen molar-refractivity contribution in [2.75, 3.05) is 0 Å². The summed E-state index contributed by atoms with van der Waals surface area (Å²) in [7, 11) is 0. The minimum Gasteiger partial charge on any atom is -0.358 e. The van der Waals surface area contributed by atoms with E-state index in [1.165, 1.54) is 40.4 Å². The standard InChI is InChI=1S/C16H13FN4O3S/c17-13-3-1-11(2-4-13)8-18-16(22)14-7-12(10-25-14)9-20-6-5-15(19-20)21(23)24/h1-7,10H,8-9H2,(H,18,22). The summed E-state index contributed by atoms with van der Waals surface area (Å²) in [5.74, 6) is -0.767. The molecule has 1 aromatic carbocycles. The second kappa shape index (κ2) is 7.22. The lowest BCUT2D eigenvalue weighted by Crippen LogP contribution is -2.21. The maximum atomic E-state index is 12.8. The molecule has 0 aliphatic heterocycles. The molecule has 0 bridgehead atoms. The van der Waals surface area contributed by atoms with E-state index in [9.17, 15) is 19.3 Å². The van der Waals surface area contributed by atoms with Crippen molar-refractivity contribution in [1.82, 2.24) is 15.1 Å². The third-order valence-corrected chi connectivity index (χ3v) is 4.38. The molecule has 3 aromatic rings. The van der Waals surface area contributed by atoms with E-state index in [0.717, 1.165) is 11.1 Å². The number of nitrogens with one attached hydrogen (secondary N) is 1. The zero-order valence-corrected chi connectivity index (χ0v) is 13.7. The maximum Gasteiger partial charge on any atom is 0.389 e. The summed E-state index contributed by atoms with van der Waals surface area (Å²) >= 11 is 1.28. The van der Waals surface area contributed by atoms with Gasteiger partial charge in [0, 0.05) is 6.54 Å². The van der Waals surface area contributed by atoms with Crippen LogP contribution in [-0.2, 0) is 13.1 Å². The zero-order valence-electron chi connectivity index (χ0n) is 12.9. The smallest absolute Gasteiger partial charge is 0.358 e. The molecule has 0 aliphatic rings. The highest BCUT2D eigenvalue weighted by Gasteiger charge is 2.13. The SMILES string of the molecule is O=C(NCc1ccc(F)cc1)c1cc(Cn2ccc([N+](=O)[O-])n2)cs1. The first-order valence-corrected chi connectivity index (χ1v) is 8.17. The molecule has 2 aromatic heterocycles. The molecule has 7 nitrogen and oxygen atoms in total. The molecule has 0 fully saturated rings. The molecule has 2 heterocycles. The lowest BCUT2D eigenvalue weighted by Gasteiger charge is -2.03. The van der Waals surface area contributed by atoms with E-state index in [2.05, 4.69) is 10.4 Å². The van der Waals surface area contributed by atoms with E-state index in [0.29, 0.717) is 18.0 Å². The summed E-state index contributed by atoms with van der Waals surface area (Å²) < 4.78 is 14.3. The van der Waals surface area contributed by atoms with Gasteiger partial charge in [-0.1, -0.05) is 12.1 Å². The van der Waals surface area contributed by atoms with Crippen LogP contribution in [0.3, 0.4) is 0 Å². The average Bonchev–Trinajstić information content (AvgIpc) is 3.24. The van der Waals surface area contributed by atoms with Crippen LogP contribution in [0.4, 0.5) is 10.2 Å². The fourth-order valence-electron chi connectivity index (χ4n) is 2.17. The second-order valence-corrected chi connectivity index (χ2v) is 6.17. The lowest BCUT2D eigenvalue weighted by molar-refractivity contribution is -0.389. The van der Waals surface area contributed by atoms with E-state index in [1.807, 2.05) is 0 Å². The molecule has 0 aliphatic carbocycles. The van der Waals surface area contributed by atoms with Crippen LogP contribution in [0.1, 0.15) is 20.8 Å². The Balaban J connectivity index is 1.59. The van der Waals surface area contributed by atoms with Crippen LogP contribution in [0.5, 0.6) is 0 Å². The number of halogens is 1. The van der Waals surface area contributed by atoms with Crippen LogP contribution in [0.15, 0.2) is 48.0 Å². The van der Waals surface area contributed by atoms with E-state index in [-0.39, 0.29) is 17.5 Å². The minimum absolute atomic E-state index is 0.215. The van der Waals surface area contributed by atoms with Gasteiger partial charge in [0.25, 0.3) is 5.91 Å². The quantitative estimate of drug-likeness (QED) is 0.540. The number of hydrogen-bond acceptors (Lipinski definition) is 5. The molecule has 25 heavy (non-hydrogen) atoms. The van der Waals surface area contributed by atoms with Gasteiger partial charge in [-0.3, -0.25) is 4.79 Å². The van der Waals surface area contributed by atoms with Gasteiger partial charge in [-0.15, -0.1) is 11.3 Å². The molecule has 0 atom stereocenters. The first kappa shape index (κ1) is 16.8. The molecule has 0 unspecified atom stereocenters. The lowest BCUT2D eigenvalue weighted by atomic mass is 10.2. The van der Waals surface area contributed by atoms with Crippen LogP contribution in [0, 0.1) is 15.9 Å². The highest BCUT2D eigenvalue weighted by molar-refractivity contribution is 7.12. The maximum absolute atomic E-state index is 12.8. The van der Waals surface area contributed by atoms with Crippen molar-refractivity contribution in [3.63, 3.8) is 0 Å². The fourth-order valence-corrected chi connectivity index (χ4v) is 2.99. The Morgan fingerprint density at radius 2 is 2.04 bits per heavy atom. The van der Waals surface area contributed by atoms with Crippen molar-refractivity contribution in [2.45, 2.75) is 13.1 Å². The number of hydrogen-bond donors (Lipinski definition) is 1. The molecule has 0 saturated carbocycles. The summed E-state index contributed by atoms with van der Waals surface area (Å²) in [5.41, 5.74) is 1.63. The van der Waals surface area contributed by atoms with Crippen molar-refractivity contribution in [2.24, 2.45) is 0 Å². The first-order chi connectivity index (χ1) is 12.0. The molecule has 128 valence electrons. The van der Waals surface area contributed by atoms with E-state index >= 15 is 0 Å². The average molecular weight is 360 g/mol.